The fraction of sp³-hybridized carbons (Fsp3) is 0.833. The molecule has 2 rings (SSSR count). The summed E-state index contributed by atoms with van der Waals surface area (Å²) in [7, 11) is 1.64. The summed E-state index contributed by atoms with van der Waals surface area (Å²) in [6.45, 7) is 2.01. The standard InChI is InChI=1S/C12H19F3N4O/c1-20-6-5-18-4-2-3-10(7-18)11-16-9-17-19(11)8-12(13,14)15/h9-10H,2-8H2,1H3/t10-/m0/s1. The van der Waals surface area contributed by atoms with Crippen LogP contribution >= 0.6 is 0 Å². The highest BCUT2D eigenvalue weighted by Gasteiger charge is 2.32. The van der Waals surface area contributed by atoms with Crippen LogP contribution in [0.1, 0.15) is 24.6 Å². The van der Waals surface area contributed by atoms with Crippen molar-refractivity contribution in [3.05, 3.63) is 12.2 Å². The minimum atomic E-state index is -4.27. The number of hydrogen-bond acceptors (Lipinski definition) is 4. The number of ether oxygens (including phenoxy) is 1. The molecule has 0 spiro atoms. The highest BCUT2D eigenvalue weighted by Crippen LogP contribution is 2.27. The fourth-order valence-electron chi connectivity index (χ4n) is 2.57. The van der Waals surface area contributed by atoms with Crippen LogP contribution in [0.4, 0.5) is 13.2 Å². The van der Waals surface area contributed by atoms with Crippen molar-refractivity contribution in [2.45, 2.75) is 31.5 Å². The van der Waals surface area contributed by atoms with Crippen LogP contribution in [0.5, 0.6) is 0 Å². The summed E-state index contributed by atoms with van der Waals surface area (Å²) >= 11 is 0. The van der Waals surface area contributed by atoms with Crippen molar-refractivity contribution in [2.75, 3.05) is 33.4 Å². The Morgan fingerprint density at radius 2 is 2.25 bits per heavy atom. The van der Waals surface area contributed by atoms with Crippen LogP contribution in [-0.2, 0) is 11.3 Å². The van der Waals surface area contributed by atoms with Crippen LogP contribution in [0.25, 0.3) is 0 Å². The number of methoxy groups -OCH3 is 1. The summed E-state index contributed by atoms with van der Waals surface area (Å²) in [5.41, 5.74) is 0. The van der Waals surface area contributed by atoms with E-state index in [-0.39, 0.29) is 5.92 Å². The van der Waals surface area contributed by atoms with Crippen LogP contribution in [0, 0.1) is 0 Å². The van der Waals surface area contributed by atoms with Crippen molar-refractivity contribution in [1.82, 2.24) is 19.7 Å². The van der Waals surface area contributed by atoms with E-state index in [2.05, 4.69) is 15.0 Å². The molecule has 1 aromatic heterocycles. The second-order valence-corrected chi connectivity index (χ2v) is 5.02. The first kappa shape index (κ1) is 15.2. The molecule has 1 aromatic rings. The van der Waals surface area contributed by atoms with E-state index in [0.29, 0.717) is 19.0 Å². The monoisotopic (exact) mass is 292 g/mol. The fourth-order valence-corrected chi connectivity index (χ4v) is 2.57. The third kappa shape index (κ3) is 4.17. The van der Waals surface area contributed by atoms with Gasteiger partial charge in [0.15, 0.2) is 0 Å². The molecule has 0 bridgehead atoms. The van der Waals surface area contributed by atoms with E-state index in [1.165, 1.54) is 6.33 Å². The van der Waals surface area contributed by atoms with Crippen LogP contribution in [0.15, 0.2) is 6.33 Å². The summed E-state index contributed by atoms with van der Waals surface area (Å²) in [5, 5.41) is 3.71. The van der Waals surface area contributed by atoms with Gasteiger partial charge in [0.25, 0.3) is 0 Å². The van der Waals surface area contributed by atoms with Gasteiger partial charge in [0, 0.05) is 26.1 Å². The minimum Gasteiger partial charge on any atom is -0.383 e. The molecule has 2 heterocycles. The summed E-state index contributed by atoms with van der Waals surface area (Å²) in [5.74, 6) is 0.440. The van der Waals surface area contributed by atoms with Gasteiger partial charge in [-0.2, -0.15) is 18.3 Å². The predicted molar refractivity (Wildman–Crippen MR) is 66.4 cm³/mol. The van der Waals surface area contributed by atoms with Gasteiger partial charge in [-0.25, -0.2) is 9.67 Å². The van der Waals surface area contributed by atoms with Gasteiger partial charge in [-0.15, -0.1) is 0 Å². The third-order valence-electron chi connectivity index (χ3n) is 3.46. The van der Waals surface area contributed by atoms with Gasteiger partial charge < -0.3 is 9.64 Å². The molecule has 1 aliphatic heterocycles. The molecule has 0 amide bonds. The Kier molecular flexibility index (Phi) is 4.98. The molecule has 0 N–H and O–H groups in total. The third-order valence-corrected chi connectivity index (χ3v) is 3.46. The molecule has 1 saturated heterocycles. The van der Waals surface area contributed by atoms with Crippen molar-refractivity contribution < 1.29 is 17.9 Å². The SMILES string of the molecule is COCCN1CCC[C@H](c2ncnn2CC(F)(F)F)C1. The first-order chi connectivity index (χ1) is 9.49. The van der Waals surface area contributed by atoms with Gasteiger partial charge in [0.1, 0.15) is 18.7 Å². The van der Waals surface area contributed by atoms with Crippen molar-refractivity contribution in [3.63, 3.8) is 0 Å². The lowest BCUT2D eigenvalue weighted by molar-refractivity contribution is -0.143. The molecule has 0 aromatic carbocycles. The zero-order chi connectivity index (χ0) is 14.6. The normalized spacial score (nSPS) is 21.3. The van der Waals surface area contributed by atoms with E-state index in [1.54, 1.807) is 7.11 Å². The topological polar surface area (TPSA) is 43.2 Å². The van der Waals surface area contributed by atoms with E-state index >= 15 is 0 Å². The number of halogens is 3. The van der Waals surface area contributed by atoms with Crippen molar-refractivity contribution in [2.24, 2.45) is 0 Å². The van der Waals surface area contributed by atoms with Crippen LogP contribution in [0.3, 0.4) is 0 Å². The van der Waals surface area contributed by atoms with Gasteiger partial charge in [-0.05, 0) is 19.4 Å². The lowest BCUT2D eigenvalue weighted by Crippen LogP contribution is -2.37. The summed E-state index contributed by atoms with van der Waals surface area (Å²) in [6.07, 6.45) is -1.27. The summed E-state index contributed by atoms with van der Waals surface area (Å²) < 4.78 is 43.5. The van der Waals surface area contributed by atoms with Crippen LogP contribution < -0.4 is 0 Å². The lowest BCUT2D eigenvalue weighted by atomic mass is 9.97. The van der Waals surface area contributed by atoms with E-state index in [4.69, 9.17) is 4.74 Å². The van der Waals surface area contributed by atoms with Gasteiger partial charge in [0.05, 0.1) is 6.61 Å². The zero-order valence-electron chi connectivity index (χ0n) is 11.4. The second-order valence-electron chi connectivity index (χ2n) is 5.02. The molecule has 8 heteroatoms. The molecule has 1 fully saturated rings. The molecular formula is C12H19F3N4O. The quantitative estimate of drug-likeness (QED) is 0.828. The first-order valence-corrected chi connectivity index (χ1v) is 6.65. The van der Waals surface area contributed by atoms with E-state index in [0.717, 1.165) is 30.6 Å². The van der Waals surface area contributed by atoms with Gasteiger partial charge in [0.2, 0.25) is 0 Å². The Morgan fingerprint density at radius 1 is 1.45 bits per heavy atom. The van der Waals surface area contributed by atoms with Gasteiger partial charge in [-0.3, -0.25) is 0 Å². The van der Waals surface area contributed by atoms with Crippen molar-refractivity contribution in [1.29, 1.82) is 0 Å². The number of aromatic nitrogens is 3. The molecule has 0 aliphatic carbocycles. The molecule has 114 valence electrons. The Hall–Kier alpha value is -1.15. The number of rotatable bonds is 5. The number of alkyl halides is 3. The van der Waals surface area contributed by atoms with Crippen molar-refractivity contribution >= 4 is 0 Å². The minimum absolute atomic E-state index is 0.00505. The largest absolute Gasteiger partial charge is 0.408 e. The number of piperidine rings is 1. The Bertz CT molecular complexity index is 421. The molecule has 0 unspecified atom stereocenters. The molecular weight excluding hydrogens is 273 g/mol. The summed E-state index contributed by atoms with van der Waals surface area (Å²) in [4.78, 5) is 6.23. The van der Waals surface area contributed by atoms with Crippen molar-refractivity contribution in [3.8, 4) is 0 Å². The van der Waals surface area contributed by atoms with E-state index in [9.17, 15) is 13.2 Å². The Balaban J connectivity index is 2.02. The summed E-state index contributed by atoms with van der Waals surface area (Å²) in [6, 6.07) is 0. The predicted octanol–water partition coefficient (Wildman–Crippen LogP) is 1.67. The number of nitrogens with zero attached hydrogens (tertiary/aromatic N) is 4. The van der Waals surface area contributed by atoms with E-state index in [1.807, 2.05) is 0 Å². The Morgan fingerprint density at radius 3 is 2.95 bits per heavy atom. The maximum atomic E-state index is 12.5. The molecule has 1 aliphatic rings. The zero-order valence-corrected chi connectivity index (χ0v) is 11.4. The first-order valence-electron chi connectivity index (χ1n) is 6.65. The van der Waals surface area contributed by atoms with Gasteiger partial charge >= 0.3 is 6.18 Å². The maximum absolute atomic E-state index is 12.5. The highest BCUT2D eigenvalue weighted by molar-refractivity contribution is 4.99. The smallest absolute Gasteiger partial charge is 0.383 e. The average molecular weight is 292 g/mol. The maximum Gasteiger partial charge on any atom is 0.408 e. The Labute approximate surface area is 115 Å². The molecule has 0 saturated carbocycles. The molecule has 20 heavy (non-hydrogen) atoms. The second kappa shape index (κ2) is 6.53. The highest BCUT2D eigenvalue weighted by atomic mass is 19.4. The van der Waals surface area contributed by atoms with Crippen LogP contribution in [-0.4, -0.2) is 59.2 Å². The molecule has 5 nitrogen and oxygen atoms in total. The number of likely N-dealkylation sites (tertiary alicyclic amines) is 1. The van der Waals surface area contributed by atoms with E-state index < -0.39 is 12.7 Å². The molecule has 1 atom stereocenters. The van der Waals surface area contributed by atoms with Crippen LogP contribution in [0.2, 0.25) is 0 Å². The number of hydrogen-bond donors (Lipinski definition) is 0. The van der Waals surface area contributed by atoms with Gasteiger partial charge in [-0.1, -0.05) is 0 Å². The average Bonchev–Trinajstić information content (AvgIpc) is 2.82. The lowest BCUT2D eigenvalue weighted by Gasteiger charge is -2.32. The molecule has 0 radical (unpaired) electrons.